The van der Waals surface area contributed by atoms with Crippen molar-refractivity contribution in [1.82, 2.24) is 9.97 Å². The molecule has 0 atom stereocenters. The summed E-state index contributed by atoms with van der Waals surface area (Å²) in [6.07, 6.45) is -2.61. The molecule has 2 heterocycles. The highest BCUT2D eigenvalue weighted by atomic mass is 32.2. The van der Waals surface area contributed by atoms with E-state index in [1.54, 1.807) is 6.07 Å². The first kappa shape index (κ1) is 18.4. The fourth-order valence-corrected chi connectivity index (χ4v) is 3.25. The molecule has 3 rings (SSSR count). The molecule has 0 aliphatic rings. The van der Waals surface area contributed by atoms with Crippen molar-refractivity contribution in [2.45, 2.75) is 11.3 Å². The molecule has 3 aromatic rings. The van der Waals surface area contributed by atoms with Gasteiger partial charge in [-0.2, -0.15) is 5.26 Å². The SMILES string of the molecule is N#Cc1ccc(S(=O)(=O)Nc2cc(OC(F)(F)F)cc3cccnc23)cn1. The van der Waals surface area contributed by atoms with Gasteiger partial charge in [0.15, 0.2) is 0 Å². The highest BCUT2D eigenvalue weighted by molar-refractivity contribution is 7.92. The van der Waals surface area contributed by atoms with E-state index in [0.29, 0.717) is 0 Å². The van der Waals surface area contributed by atoms with E-state index in [9.17, 15) is 21.6 Å². The molecule has 0 radical (unpaired) electrons. The van der Waals surface area contributed by atoms with Crippen LogP contribution < -0.4 is 9.46 Å². The molecule has 0 amide bonds. The smallest absolute Gasteiger partial charge is 0.406 e. The number of hydrogen-bond donors (Lipinski definition) is 1. The van der Waals surface area contributed by atoms with Crippen molar-refractivity contribution in [3.05, 3.63) is 54.5 Å². The third kappa shape index (κ3) is 4.24. The summed E-state index contributed by atoms with van der Waals surface area (Å²) in [6, 6.07) is 9.04. The first-order valence-corrected chi connectivity index (χ1v) is 8.70. The quantitative estimate of drug-likeness (QED) is 0.729. The first-order valence-electron chi connectivity index (χ1n) is 7.21. The molecule has 0 aliphatic heterocycles. The molecule has 0 bridgehead atoms. The maximum atomic E-state index is 12.5. The topological polar surface area (TPSA) is 105 Å². The summed E-state index contributed by atoms with van der Waals surface area (Å²) in [7, 11) is -4.19. The number of benzene rings is 1. The maximum Gasteiger partial charge on any atom is 0.573 e. The summed E-state index contributed by atoms with van der Waals surface area (Å²) >= 11 is 0. The number of hydrogen-bond acceptors (Lipinski definition) is 6. The van der Waals surface area contributed by atoms with Crippen LogP contribution in [0.15, 0.2) is 53.7 Å². The normalized spacial score (nSPS) is 11.8. The number of ether oxygens (including phenoxy) is 1. The van der Waals surface area contributed by atoms with Crippen molar-refractivity contribution in [3.63, 3.8) is 0 Å². The molecule has 0 saturated heterocycles. The van der Waals surface area contributed by atoms with E-state index in [4.69, 9.17) is 5.26 Å². The Morgan fingerprint density at radius 1 is 1.15 bits per heavy atom. The van der Waals surface area contributed by atoms with Gasteiger partial charge in [0, 0.05) is 23.8 Å². The molecule has 0 fully saturated rings. The summed E-state index contributed by atoms with van der Waals surface area (Å²) in [5, 5.41) is 8.96. The Morgan fingerprint density at radius 2 is 1.93 bits per heavy atom. The summed E-state index contributed by atoms with van der Waals surface area (Å²) in [5.41, 5.74) is -0.0458. The molecule has 0 unspecified atom stereocenters. The molecule has 0 aliphatic carbocycles. The predicted octanol–water partition coefficient (Wildman–Crippen LogP) is 3.20. The second-order valence-corrected chi connectivity index (χ2v) is 6.87. The van der Waals surface area contributed by atoms with Gasteiger partial charge in [-0.15, -0.1) is 13.2 Å². The van der Waals surface area contributed by atoms with Gasteiger partial charge in [-0.1, -0.05) is 6.07 Å². The van der Waals surface area contributed by atoms with Gasteiger partial charge in [-0.05, 0) is 24.3 Å². The lowest BCUT2D eigenvalue weighted by Crippen LogP contribution is -2.18. The number of aromatic nitrogens is 2. The van der Waals surface area contributed by atoms with Crippen molar-refractivity contribution < 1.29 is 26.3 Å². The Balaban J connectivity index is 2.05. The number of rotatable bonds is 4. The Labute approximate surface area is 151 Å². The number of fused-ring (bicyclic) bond motifs is 1. The van der Waals surface area contributed by atoms with Gasteiger partial charge in [0.2, 0.25) is 0 Å². The number of nitrogens with one attached hydrogen (secondary N) is 1. The largest absolute Gasteiger partial charge is 0.573 e. The number of sulfonamides is 1. The van der Waals surface area contributed by atoms with E-state index in [2.05, 4.69) is 19.4 Å². The van der Waals surface area contributed by atoms with Crippen LogP contribution in [0.3, 0.4) is 0 Å². The molecule has 11 heteroatoms. The monoisotopic (exact) mass is 394 g/mol. The van der Waals surface area contributed by atoms with Gasteiger partial charge < -0.3 is 4.74 Å². The molecule has 7 nitrogen and oxygen atoms in total. The van der Waals surface area contributed by atoms with E-state index < -0.39 is 22.1 Å². The van der Waals surface area contributed by atoms with E-state index in [1.807, 2.05) is 0 Å². The second kappa shape index (κ2) is 6.73. The average Bonchev–Trinajstić information content (AvgIpc) is 2.60. The van der Waals surface area contributed by atoms with Crippen LogP contribution >= 0.6 is 0 Å². The van der Waals surface area contributed by atoms with E-state index in [-0.39, 0.29) is 27.2 Å². The summed E-state index contributed by atoms with van der Waals surface area (Å²) in [6.45, 7) is 0. The Kier molecular flexibility index (Phi) is 4.59. The average molecular weight is 394 g/mol. The molecule has 1 aromatic carbocycles. The third-order valence-corrected chi connectivity index (χ3v) is 4.67. The minimum absolute atomic E-state index is 0.0154. The summed E-state index contributed by atoms with van der Waals surface area (Å²) in [5.74, 6) is -0.598. The molecule has 27 heavy (non-hydrogen) atoms. The van der Waals surface area contributed by atoms with Crippen molar-refractivity contribution in [3.8, 4) is 11.8 Å². The molecule has 138 valence electrons. The zero-order valence-corrected chi connectivity index (χ0v) is 14.0. The Hall–Kier alpha value is -3.39. The van der Waals surface area contributed by atoms with Gasteiger partial charge in [-0.3, -0.25) is 9.71 Å². The predicted molar refractivity (Wildman–Crippen MR) is 88.2 cm³/mol. The van der Waals surface area contributed by atoms with Gasteiger partial charge in [0.1, 0.15) is 22.4 Å². The number of alkyl halides is 3. The van der Waals surface area contributed by atoms with Crippen LogP contribution in [0.1, 0.15) is 5.69 Å². The fourth-order valence-electron chi connectivity index (χ4n) is 2.24. The van der Waals surface area contributed by atoms with Crippen molar-refractivity contribution in [1.29, 1.82) is 5.26 Å². The number of nitrogens with zero attached hydrogens (tertiary/aromatic N) is 3. The summed E-state index contributed by atoms with van der Waals surface area (Å²) in [4.78, 5) is 7.39. The van der Waals surface area contributed by atoms with E-state index in [1.165, 1.54) is 24.4 Å². The number of anilines is 1. The van der Waals surface area contributed by atoms with Crippen LogP contribution in [0, 0.1) is 11.3 Å². The van der Waals surface area contributed by atoms with Gasteiger partial charge in [0.05, 0.1) is 11.2 Å². The lowest BCUT2D eigenvalue weighted by Gasteiger charge is -2.14. The Bertz CT molecular complexity index is 1140. The standard InChI is InChI=1S/C16H9F3N4O3S/c17-16(18,19)26-12-6-10-2-1-5-21-15(10)14(7-12)23-27(24,25)13-4-3-11(8-20)22-9-13/h1-7,9,23H. The minimum Gasteiger partial charge on any atom is -0.406 e. The van der Waals surface area contributed by atoms with E-state index >= 15 is 0 Å². The maximum absolute atomic E-state index is 12.5. The number of halogens is 3. The highest BCUT2D eigenvalue weighted by Crippen LogP contribution is 2.32. The Morgan fingerprint density at radius 3 is 2.56 bits per heavy atom. The molecule has 0 saturated carbocycles. The first-order chi connectivity index (χ1) is 12.7. The fraction of sp³-hybridized carbons (Fsp3) is 0.0625. The van der Waals surface area contributed by atoms with Crippen LogP contribution in [0.5, 0.6) is 5.75 Å². The second-order valence-electron chi connectivity index (χ2n) is 5.19. The highest BCUT2D eigenvalue weighted by Gasteiger charge is 2.31. The van der Waals surface area contributed by atoms with Gasteiger partial charge in [0.25, 0.3) is 10.0 Å². The molecule has 1 N–H and O–H groups in total. The van der Waals surface area contributed by atoms with Crippen LogP contribution in [0.25, 0.3) is 10.9 Å². The number of pyridine rings is 2. The van der Waals surface area contributed by atoms with E-state index in [0.717, 1.165) is 24.4 Å². The van der Waals surface area contributed by atoms with Crippen molar-refractivity contribution in [2.24, 2.45) is 0 Å². The molecular formula is C16H9F3N4O3S. The number of nitriles is 1. The third-order valence-electron chi connectivity index (χ3n) is 3.32. The summed E-state index contributed by atoms with van der Waals surface area (Å²) < 4.78 is 68.7. The molecular weight excluding hydrogens is 385 g/mol. The van der Waals surface area contributed by atoms with Crippen LogP contribution in [-0.2, 0) is 10.0 Å². The van der Waals surface area contributed by atoms with Crippen LogP contribution in [0.2, 0.25) is 0 Å². The van der Waals surface area contributed by atoms with Crippen molar-refractivity contribution in [2.75, 3.05) is 4.72 Å². The molecule has 0 spiro atoms. The van der Waals surface area contributed by atoms with Gasteiger partial charge in [-0.25, -0.2) is 13.4 Å². The van der Waals surface area contributed by atoms with Gasteiger partial charge >= 0.3 is 6.36 Å². The van der Waals surface area contributed by atoms with Crippen LogP contribution in [0.4, 0.5) is 18.9 Å². The van der Waals surface area contributed by atoms with Crippen LogP contribution in [-0.4, -0.2) is 24.7 Å². The van der Waals surface area contributed by atoms with Crippen molar-refractivity contribution >= 4 is 26.6 Å². The minimum atomic E-state index is -4.94. The lowest BCUT2D eigenvalue weighted by molar-refractivity contribution is -0.274. The zero-order chi connectivity index (χ0) is 19.7. The zero-order valence-electron chi connectivity index (χ0n) is 13.2. The lowest BCUT2D eigenvalue weighted by atomic mass is 10.2. The molecule has 2 aromatic heterocycles.